The number of hydrogen-bond acceptors (Lipinski definition) is 6. The molecular weight excluding hydrogens is 430 g/mol. The van der Waals surface area contributed by atoms with Crippen LogP contribution in [0.3, 0.4) is 0 Å². The third kappa shape index (κ3) is 3.96. The zero-order valence-corrected chi connectivity index (χ0v) is 18.3. The third-order valence-electron chi connectivity index (χ3n) is 5.29. The minimum Gasteiger partial charge on any atom is -0.381 e. The van der Waals surface area contributed by atoms with Crippen molar-refractivity contribution in [1.29, 1.82) is 5.26 Å². The SMILES string of the molecule is CCc1cc2cccc(C#N)c2c(=O)n1-c1ccccc1.NC(=O)c1c(N)nn2cccnc12. The van der Waals surface area contributed by atoms with Gasteiger partial charge in [0.2, 0.25) is 0 Å². The minimum atomic E-state index is -0.619. The lowest BCUT2D eigenvalue weighted by atomic mass is 10.0. The summed E-state index contributed by atoms with van der Waals surface area (Å²) in [6.07, 6.45) is 3.94. The highest BCUT2D eigenvalue weighted by atomic mass is 16.1. The van der Waals surface area contributed by atoms with Crippen molar-refractivity contribution in [2.75, 3.05) is 5.73 Å². The molecule has 3 aromatic heterocycles. The minimum absolute atomic E-state index is 0.103. The highest BCUT2D eigenvalue weighted by Gasteiger charge is 2.15. The summed E-state index contributed by atoms with van der Waals surface area (Å²) in [6, 6.07) is 20.7. The molecule has 0 bridgehead atoms. The molecule has 5 aromatic rings. The van der Waals surface area contributed by atoms with Crippen molar-refractivity contribution in [3.05, 3.63) is 100 Å². The predicted octanol–water partition coefficient (Wildman–Crippen LogP) is 2.84. The highest BCUT2D eigenvalue weighted by molar-refractivity contribution is 6.03. The summed E-state index contributed by atoms with van der Waals surface area (Å²) in [5, 5.41) is 14.4. The number of primary amides is 1. The van der Waals surface area contributed by atoms with Crippen molar-refractivity contribution in [3.63, 3.8) is 0 Å². The normalized spacial score (nSPS) is 10.5. The molecule has 168 valence electrons. The molecule has 0 aliphatic carbocycles. The average Bonchev–Trinajstić information content (AvgIpc) is 3.20. The smallest absolute Gasteiger partial charge is 0.264 e. The molecule has 2 aromatic carbocycles. The van der Waals surface area contributed by atoms with Crippen LogP contribution < -0.4 is 17.0 Å². The van der Waals surface area contributed by atoms with Gasteiger partial charge >= 0.3 is 0 Å². The lowest BCUT2D eigenvalue weighted by Gasteiger charge is -2.14. The molecule has 0 unspecified atom stereocenters. The van der Waals surface area contributed by atoms with Gasteiger partial charge in [-0.15, -0.1) is 5.10 Å². The maximum Gasteiger partial charge on any atom is 0.264 e. The van der Waals surface area contributed by atoms with Crippen LogP contribution in [0.5, 0.6) is 0 Å². The second kappa shape index (κ2) is 9.26. The van der Waals surface area contributed by atoms with Crippen molar-refractivity contribution in [2.45, 2.75) is 13.3 Å². The van der Waals surface area contributed by atoms with Gasteiger partial charge in [-0.3, -0.25) is 14.2 Å². The quantitative estimate of drug-likeness (QED) is 0.431. The van der Waals surface area contributed by atoms with Gasteiger partial charge in [0.25, 0.3) is 11.5 Å². The summed E-state index contributed by atoms with van der Waals surface area (Å²) in [5.41, 5.74) is 13.2. The fourth-order valence-corrected chi connectivity index (χ4v) is 3.77. The molecule has 0 fully saturated rings. The Kier molecular flexibility index (Phi) is 6.05. The molecule has 0 aliphatic heterocycles. The topological polar surface area (TPSA) is 145 Å². The lowest BCUT2D eigenvalue weighted by Crippen LogP contribution is -2.22. The molecule has 4 N–H and O–H groups in total. The summed E-state index contributed by atoms with van der Waals surface area (Å²) in [6.45, 7) is 2.02. The van der Waals surface area contributed by atoms with Gasteiger partial charge in [-0.05, 0) is 42.1 Å². The number of fused-ring (bicyclic) bond motifs is 2. The van der Waals surface area contributed by atoms with Crippen LogP contribution >= 0.6 is 0 Å². The number of nitriles is 1. The first-order valence-corrected chi connectivity index (χ1v) is 10.5. The first-order chi connectivity index (χ1) is 16.5. The summed E-state index contributed by atoms with van der Waals surface area (Å²) in [4.78, 5) is 27.8. The Morgan fingerprint density at radius 3 is 2.56 bits per heavy atom. The van der Waals surface area contributed by atoms with E-state index in [4.69, 9.17) is 11.5 Å². The van der Waals surface area contributed by atoms with E-state index in [1.54, 1.807) is 29.1 Å². The van der Waals surface area contributed by atoms with E-state index in [-0.39, 0.29) is 16.9 Å². The van der Waals surface area contributed by atoms with Gasteiger partial charge in [-0.2, -0.15) is 5.26 Å². The second-order valence-electron chi connectivity index (χ2n) is 7.36. The molecule has 0 saturated heterocycles. The molecule has 9 nitrogen and oxygen atoms in total. The van der Waals surface area contributed by atoms with Crippen LogP contribution in [0.25, 0.3) is 22.1 Å². The van der Waals surface area contributed by atoms with E-state index >= 15 is 0 Å². The number of nitrogen functional groups attached to an aromatic ring is 1. The summed E-state index contributed by atoms with van der Waals surface area (Å²) in [7, 11) is 0. The largest absolute Gasteiger partial charge is 0.381 e. The zero-order chi connectivity index (χ0) is 24.2. The van der Waals surface area contributed by atoms with Crippen molar-refractivity contribution < 1.29 is 4.79 Å². The second-order valence-corrected chi connectivity index (χ2v) is 7.36. The Bertz CT molecular complexity index is 1610. The number of aromatic nitrogens is 4. The number of hydrogen-bond donors (Lipinski definition) is 2. The Balaban J connectivity index is 0.000000180. The fourth-order valence-electron chi connectivity index (χ4n) is 3.77. The van der Waals surface area contributed by atoms with Crippen molar-refractivity contribution >= 4 is 28.1 Å². The van der Waals surface area contributed by atoms with E-state index < -0.39 is 5.91 Å². The van der Waals surface area contributed by atoms with Gasteiger partial charge in [0.1, 0.15) is 5.56 Å². The molecule has 0 radical (unpaired) electrons. The third-order valence-corrected chi connectivity index (χ3v) is 5.29. The standard InChI is InChI=1S/C18H14N2O.C7H7N5O/c1-2-15-11-13-7-6-8-14(12-19)17(13)18(21)20(15)16-9-4-3-5-10-16;8-5-4(6(9)13)7-10-2-1-3-12(7)11-5/h3-11H,2H2,1H3;1-3H,(H2,8,11)(H2,9,13). The fraction of sp³-hybridized carbons (Fsp3) is 0.0800. The van der Waals surface area contributed by atoms with E-state index in [0.717, 1.165) is 23.2 Å². The van der Waals surface area contributed by atoms with Gasteiger partial charge in [0.05, 0.1) is 17.0 Å². The maximum absolute atomic E-state index is 12.9. The molecule has 0 saturated carbocycles. The molecule has 0 atom stereocenters. The van der Waals surface area contributed by atoms with E-state index in [1.165, 1.54) is 4.52 Å². The van der Waals surface area contributed by atoms with Crippen LogP contribution in [0.15, 0.2) is 77.9 Å². The number of carbonyl (C=O) groups is 1. The number of aryl methyl sites for hydroxylation is 1. The number of amides is 1. The van der Waals surface area contributed by atoms with E-state index in [0.29, 0.717) is 16.6 Å². The summed E-state index contributed by atoms with van der Waals surface area (Å²) in [5.74, 6) is -0.516. The van der Waals surface area contributed by atoms with Crippen LogP contribution in [0.1, 0.15) is 28.5 Å². The predicted molar refractivity (Wildman–Crippen MR) is 130 cm³/mol. The summed E-state index contributed by atoms with van der Waals surface area (Å²) >= 11 is 0. The van der Waals surface area contributed by atoms with Crippen LogP contribution in [-0.4, -0.2) is 25.1 Å². The molecule has 0 spiro atoms. The Morgan fingerprint density at radius 2 is 1.88 bits per heavy atom. The monoisotopic (exact) mass is 451 g/mol. The number of anilines is 1. The lowest BCUT2D eigenvalue weighted by molar-refractivity contribution is 0.100. The number of benzene rings is 2. The van der Waals surface area contributed by atoms with Gasteiger partial charge < -0.3 is 11.5 Å². The van der Waals surface area contributed by atoms with Crippen LogP contribution in [0, 0.1) is 11.3 Å². The van der Waals surface area contributed by atoms with E-state index in [2.05, 4.69) is 16.2 Å². The van der Waals surface area contributed by atoms with Crippen LogP contribution in [-0.2, 0) is 6.42 Å². The van der Waals surface area contributed by atoms with Gasteiger partial charge in [-0.25, -0.2) is 9.50 Å². The maximum atomic E-state index is 12.9. The number of rotatable bonds is 3. The highest BCUT2D eigenvalue weighted by Crippen LogP contribution is 2.19. The molecule has 0 aliphatic rings. The number of nitrogens with zero attached hydrogens (tertiary/aromatic N) is 5. The Labute approximate surface area is 194 Å². The van der Waals surface area contributed by atoms with Crippen molar-refractivity contribution in [3.8, 4) is 11.8 Å². The van der Waals surface area contributed by atoms with Gasteiger partial charge in [-0.1, -0.05) is 37.3 Å². The molecular formula is C25H21N7O2. The Morgan fingerprint density at radius 1 is 1.12 bits per heavy atom. The first-order valence-electron chi connectivity index (χ1n) is 10.5. The average molecular weight is 451 g/mol. The van der Waals surface area contributed by atoms with E-state index in [1.807, 2.05) is 55.5 Å². The Hall–Kier alpha value is -4.97. The van der Waals surface area contributed by atoms with Gasteiger partial charge in [0.15, 0.2) is 11.5 Å². The molecule has 34 heavy (non-hydrogen) atoms. The first kappa shape index (κ1) is 22.2. The number of para-hydroxylation sites is 1. The molecule has 3 heterocycles. The zero-order valence-electron chi connectivity index (χ0n) is 18.3. The molecule has 5 rings (SSSR count). The van der Waals surface area contributed by atoms with E-state index in [9.17, 15) is 14.9 Å². The molecule has 1 amide bonds. The van der Waals surface area contributed by atoms with Crippen molar-refractivity contribution in [2.24, 2.45) is 5.73 Å². The van der Waals surface area contributed by atoms with Crippen LogP contribution in [0.2, 0.25) is 0 Å². The van der Waals surface area contributed by atoms with Crippen molar-refractivity contribution in [1.82, 2.24) is 19.2 Å². The number of pyridine rings is 1. The molecule has 9 heteroatoms. The van der Waals surface area contributed by atoms with Crippen LogP contribution in [0.4, 0.5) is 5.82 Å². The number of carbonyl (C=O) groups excluding carboxylic acids is 1. The number of nitrogens with two attached hydrogens (primary N) is 2. The summed E-state index contributed by atoms with van der Waals surface area (Å²) < 4.78 is 3.11. The van der Waals surface area contributed by atoms with Gasteiger partial charge in [0, 0.05) is 23.8 Å².